The van der Waals surface area contributed by atoms with Crippen LogP contribution in [-0.4, -0.2) is 62.8 Å². The highest BCUT2D eigenvalue weighted by atomic mass is 16.6. The number of carbonyl (C=O) groups is 2. The SMILES string of the molecule is CC[C@H]1O[C@@H](n2cc(C)c(=O)[nH]c2=O)C(OCCCCCCN2C(=O)c3ccccc3C2=O)[C@H]1O. The molecule has 2 amide bonds. The second kappa shape index (κ2) is 10.7. The summed E-state index contributed by atoms with van der Waals surface area (Å²) in [6, 6.07) is 6.85. The number of aliphatic hydroxyl groups is 1. The molecule has 4 atom stereocenters. The zero-order valence-corrected chi connectivity index (χ0v) is 19.9. The largest absolute Gasteiger partial charge is 0.388 e. The molecule has 1 saturated heterocycles. The van der Waals surface area contributed by atoms with Gasteiger partial charge in [0.2, 0.25) is 0 Å². The Kier molecular flexibility index (Phi) is 7.63. The molecule has 1 unspecified atom stereocenters. The Labute approximate surface area is 202 Å². The summed E-state index contributed by atoms with van der Waals surface area (Å²) < 4.78 is 13.1. The lowest BCUT2D eigenvalue weighted by Gasteiger charge is -2.22. The highest BCUT2D eigenvalue weighted by molar-refractivity contribution is 6.21. The van der Waals surface area contributed by atoms with Gasteiger partial charge in [-0.15, -0.1) is 0 Å². The number of hydrogen-bond acceptors (Lipinski definition) is 7. The predicted octanol–water partition coefficient (Wildman–Crippen LogP) is 1.76. The van der Waals surface area contributed by atoms with Gasteiger partial charge in [0.25, 0.3) is 17.4 Å². The fourth-order valence-electron chi connectivity index (χ4n) is 4.62. The molecule has 2 aliphatic rings. The van der Waals surface area contributed by atoms with Crippen molar-refractivity contribution in [3.63, 3.8) is 0 Å². The number of unbranched alkanes of at least 4 members (excludes halogenated alkanes) is 3. The first-order valence-electron chi connectivity index (χ1n) is 12.1. The van der Waals surface area contributed by atoms with Gasteiger partial charge in [-0.3, -0.25) is 28.8 Å². The monoisotopic (exact) mass is 485 g/mol. The number of nitrogens with zero attached hydrogens (tertiary/aromatic N) is 2. The highest BCUT2D eigenvalue weighted by Gasteiger charge is 2.45. The third-order valence-electron chi connectivity index (χ3n) is 6.60. The molecule has 0 aliphatic carbocycles. The molecular weight excluding hydrogens is 454 g/mol. The van der Waals surface area contributed by atoms with Crippen LogP contribution in [-0.2, 0) is 9.47 Å². The molecule has 3 heterocycles. The summed E-state index contributed by atoms with van der Waals surface area (Å²) >= 11 is 0. The number of benzene rings is 1. The average molecular weight is 486 g/mol. The third kappa shape index (κ3) is 5.00. The molecule has 4 rings (SSSR count). The van der Waals surface area contributed by atoms with Crippen LogP contribution in [0, 0.1) is 6.92 Å². The van der Waals surface area contributed by atoms with Gasteiger partial charge in [-0.1, -0.05) is 31.9 Å². The summed E-state index contributed by atoms with van der Waals surface area (Å²) in [6.07, 6.45) is 2.00. The van der Waals surface area contributed by atoms with Crippen molar-refractivity contribution in [2.45, 2.75) is 70.5 Å². The van der Waals surface area contributed by atoms with Gasteiger partial charge in [-0.25, -0.2) is 4.79 Å². The zero-order chi connectivity index (χ0) is 25.1. The number of rotatable bonds is 10. The van der Waals surface area contributed by atoms with E-state index >= 15 is 0 Å². The summed E-state index contributed by atoms with van der Waals surface area (Å²) in [5.41, 5.74) is 0.200. The number of aliphatic hydroxyl groups excluding tert-OH is 1. The molecule has 2 aromatic rings. The number of ether oxygens (including phenoxy) is 2. The van der Waals surface area contributed by atoms with Crippen molar-refractivity contribution in [2.24, 2.45) is 0 Å². The summed E-state index contributed by atoms with van der Waals surface area (Å²) in [7, 11) is 0. The number of aryl methyl sites for hydroxylation is 1. The van der Waals surface area contributed by atoms with Gasteiger partial charge in [-0.05, 0) is 38.3 Å². The van der Waals surface area contributed by atoms with Crippen LogP contribution in [0.25, 0.3) is 0 Å². The van der Waals surface area contributed by atoms with Gasteiger partial charge in [0.1, 0.15) is 12.2 Å². The van der Waals surface area contributed by atoms with Crippen molar-refractivity contribution in [2.75, 3.05) is 13.2 Å². The Balaban J connectivity index is 1.26. The minimum absolute atomic E-state index is 0.242. The molecule has 10 nitrogen and oxygen atoms in total. The van der Waals surface area contributed by atoms with Crippen molar-refractivity contribution in [3.8, 4) is 0 Å². The average Bonchev–Trinajstić information content (AvgIpc) is 3.29. The molecule has 1 aromatic carbocycles. The topological polar surface area (TPSA) is 131 Å². The Bertz CT molecular complexity index is 1170. The lowest BCUT2D eigenvalue weighted by Crippen LogP contribution is -2.40. The maximum Gasteiger partial charge on any atom is 0.330 e. The minimum atomic E-state index is -0.905. The van der Waals surface area contributed by atoms with Crippen LogP contribution < -0.4 is 11.2 Å². The van der Waals surface area contributed by atoms with E-state index in [1.807, 2.05) is 6.92 Å². The molecule has 0 radical (unpaired) electrons. The second-order valence-electron chi connectivity index (χ2n) is 9.00. The van der Waals surface area contributed by atoms with Gasteiger partial charge in [-0.2, -0.15) is 0 Å². The van der Waals surface area contributed by atoms with E-state index in [0.717, 1.165) is 12.8 Å². The van der Waals surface area contributed by atoms with E-state index in [1.54, 1.807) is 31.2 Å². The van der Waals surface area contributed by atoms with E-state index in [-0.39, 0.29) is 11.8 Å². The van der Waals surface area contributed by atoms with Crippen LogP contribution in [0.4, 0.5) is 0 Å². The maximum atomic E-state index is 12.4. The number of aromatic amines is 1. The summed E-state index contributed by atoms with van der Waals surface area (Å²) in [6.45, 7) is 4.19. The third-order valence-corrected chi connectivity index (χ3v) is 6.60. The summed E-state index contributed by atoms with van der Waals surface area (Å²) in [5, 5.41) is 10.7. The molecule has 2 aliphatic heterocycles. The van der Waals surface area contributed by atoms with Crippen LogP contribution in [0.2, 0.25) is 0 Å². The van der Waals surface area contributed by atoms with E-state index in [9.17, 15) is 24.3 Å². The van der Waals surface area contributed by atoms with E-state index in [4.69, 9.17) is 9.47 Å². The Hall–Kier alpha value is -3.08. The molecular formula is C25H31N3O7. The maximum absolute atomic E-state index is 12.4. The number of imide groups is 1. The molecule has 188 valence electrons. The number of carbonyl (C=O) groups excluding carboxylic acids is 2. The Morgan fingerprint density at radius 1 is 1.03 bits per heavy atom. The molecule has 35 heavy (non-hydrogen) atoms. The number of hydrogen-bond donors (Lipinski definition) is 2. The predicted molar refractivity (Wildman–Crippen MR) is 126 cm³/mol. The van der Waals surface area contributed by atoms with Gasteiger partial charge in [0.05, 0.1) is 17.2 Å². The summed E-state index contributed by atoms with van der Waals surface area (Å²) in [4.78, 5) is 52.5. The molecule has 1 fully saturated rings. The molecule has 0 bridgehead atoms. The lowest BCUT2D eigenvalue weighted by molar-refractivity contribution is -0.0715. The van der Waals surface area contributed by atoms with Crippen LogP contribution in [0.5, 0.6) is 0 Å². The second-order valence-corrected chi connectivity index (χ2v) is 9.00. The fraction of sp³-hybridized carbons (Fsp3) is 0.520. The zero-order valence-electron chi connectivity index (χ0n) is 19.9. The van der Waals surface area contributed by atoms with E-state index in [0.29, 0.717) is 49.1 Å². The normalized spacial score (nSPS) is 23.8. The van der Waals surface area contributed by atoms with Gasteiger partial charge in [0, 0.05) is 24.9 Å². The Morgan fingerprint density at radius 2 is 1.69 bits per heavy atom. The summed E-state index contributed by atoms with van der Waals surface area (Å²) in [5.74, 6) is -0.484. The standard InChI is InChI=1S/C25H31N3O7/c1-3-18-19(29)20(24(35-18)28-14-15(2)21(30)26-25(28)33)34-13-9-5-4-8-12-27-22(31)16-10-6-7-11-17(16)23(27)32/h6-7,10-11,14,18-20,24,29H,3-5,8-9,12-13H2,1-2H3,(H,26,30,33)/t18-,19+,20?,24-/m1/s1. The van der Waals surface area contributed by atoms with Gasteiger partial charge >= 0.3 is 5.69 Å². The van der Waals surface area contributed by atoms with Crippen LogP contribution >= 0.6 is 0 Å². The number of aromatic nitrogens is 2. The van der Waals surface area contributed by atoms with E-state index in [1.165, 1.54) is 15.7 Å². The quantitative estimate of drug-likeness (QED) is 0.387. The first-order chi connectivity index (χ1) is 16.8. The van der Waals surface area contributed by atoms with Gasteiger partial charge < -0.3 is 14.6 Å². The lowest BCUT2D eigenvalue weighted by atomic mass is 10.1. The number of fused-ring (bicyclic) bond motifs is 1. The van der Waals surface area contributed by atoms with Crippen molar-refractivity contribution in [3.05, 3.63) is 68.0 Å². The van der Waals surface area contributed by atoms with Crippen molar-refractivity contribution in [1.29, 1.82) is 0 Å². The minimum Gasteiger partial charge on any atom is -0.388 e. The van der Waals surface area contributed by atoms with Gasteiger partial charge in [0.15, 0.2) is 6.23 Å². The van der Waals surface area contributed by atoms with E-state index < -0.39 is 35.8 Å². The molecule has 1 aromatic heterocycles. The number of nitrogens with one attached hydrogen (secondary N) is 1. The molecule has 0 spiro atoms. The fourth-order valence-corrected chi connectivity index (χ4v) is 4.62. The van der Waals surface area contributed by atoms with Crippen LogP contribution in [0.3, 0.4) is 0 Å². The molecule has 2 N–H and O–H groups in total. The Morgan fingerprint density at radius 3 is 2.34 bits per heavy atom. The number of amides is 2. The highest BCUT2D eigenvalue weighted by Crippen LogP contribution is 2.32. The van der Waals surface area contributed by atoms with Crippen LogP contribution in [0.15, 0.2) is 40.1 Å². The molecule has 10 heteroatoms. The van der Waals surface area contributed by atoms with Crippen molar-refractivity contribution >= 4 is 11.8 Å². The smallest absolute Gasteiger partial charge is 0.330 e. The van der Waals surface area contributed by atoms with Crippen molar-refractivity contribution in [1.82, 2.24) is 14.5 Å². The molecule has 0 saturated carbocycles. The van der Waals surface area contributed by atoms with Crippen LogP contribution in [0.1, 0.15) is 71.5 Å². The number of H-pyrrole nitrogens is 1. The van der Waals surface area contributed by atoms with E-state index in [2.05, 4.69) is 4.98 Å². The first kappa shape index (κ1) is 25.0. The first-order valence-corrected chi connectivity index (χ1v) is 12.1. The van der Waals surface area contributed by atoms with Crippen molar-refractivity contribution < 1.29 is 24.2 Å².